The highest BCUT2D eigenvalue weighted by Crippen LogP contribution is 2.13. The van der Waals surface area contributed by atoms with Crippen LogP contribution in [0.3, 0.4) is 0 Å². The first-order valence-corrected chi connectivity index (χ1v) is 5.78. The van der Waals surface area contributed by atoms with Gasteiger partial charge in [-0.2, -0.15) is 5.10 Å². The Morgan fingerprint density at radius 1 is 1.50 bits per heavy atom. The van der Waals surface area contributed by atoms with Crippen molar-refractivity contribution in [3.8, 4) is 0 Å². The number of rotatable bonds is 4. The molecule has 0 spiro atoms. The maximum Gasteiger partial charge on any atom is 0.308 e. The molecule has 0 aliphatic rings. The number of amides is 1. The van der Waals surface area contributed by atoms with Crippen molar-refractivity contribution in [3.63, 3.8) is 0 Å². The summed E-state index contributed by atoms with van der Waals surface area (Å²) in [6, 6.07) is 0. The minimum atomic E-state index is -0.930. The van der Waals surface area contributed by atoms with Gasteiger partial charge in [0.1, 0.15) is 0 Å². The first kappa shape index (κ1) is 14.2. The normalized spacial score (nSPS) is 13.1. The van der Waals surface area contributed by atoms with E-state index in [4.69, 9.17) is 5.11 Å². The minimum absolute atomic E-state index is 0.106. The number of nitrogens with one attached hydrogen (secondary N) is 1. The molecule has 1 aromatic rings. The lowest BCUT2D eigenvalue weighted by molar-refractivity contribution is -0.140. The van der Waals surface area contributed by atoms with E-state index < -0.39 is 11.9 Å². The van der Waals surface area contributed by atoms with Crippen molar-refractivity contribution in [2.45, 2.75) is 33.2 Å². The van der Waals surface area contributed by atoms with Gasteiger partial charge in [0.15, 0.2) is 0 Å². The molecule has 0 aliphatic heterocycles. The van der Waals surface area contributed by atoms with Crippen LogP contribution in [0.4, 0.5) is 0 Å². The molecule has 2 N–H and O–H groups in total. The molecule has 1 amide bonds. The molecule has 18 heavy (non-hydrogen) atoms. The SMILES string of the molecule is CC(CNC(=O)c1cnn(C(C)(C)C)c1)C(=O)O. The average Bonchev–Trinajstić information content (AvgIpc) is 2.73. The summed E-state index contributed by atoms with van der Waals surface area (Å²) in [5.41, 5.74) is 0.245. The molecule has 1 unspecified atom stereocenters. The molecular formula is C12H19N3O3. The molecule has 0 radical (unpaired) electrons. The summed E-state index contributed by atoms with van der Waals surface area (Å²) in [4.78, 5) is 22.4. The van der Waals surface area contributed by atoms with E-state index in [9.17, 15) is 9.59 Å². The Kier molecular flexibility index (Phi) is 4.11. The molecule has 100 valence electrons. The predicted octanol–water partition coefficient (Wildman–Crippen LogP) is 1.09. The molecule has 6 heteroatoms. The fourth-order valence-electron chi connectivity index (χ4n) is 1.24. The largest absolute Gasteiger partial charge is 0.481 e. The van der Waals surface area contributed by atoms with E-state index in [1.54, 1.807) is 17.8 Å². The monoisotopic (exact) mass is 253 g/mol. The number of carboxylic acid groups (broad SMARTS) is 1. The van der Waals surface area contributed by atoms with Crippen molar-refractivity contribution in [1.29, 1.82) is 0 Å². The van der Waals surface area contributed by atoms with E-state index in [0.717, 1.165) is 0 Å². The standard InChI is InChI=1S/C12H19N3O3/c1-8(11(17)18)5-13-10(16)9-6-14-15(7-9)12(2,3)4/h6-8H,5H2,1-4H3,(H,13,16)(H,17,18). The van der Waals surface area contributed by atoms with Crippen LogP contribution in [0.25, 0.3) is 0 Å². The minimum Gasteiger partial charge on any atom is -0.481 e. The lowest BCUT2D eigenvalue weighted by atomic mass is 10.1. The summed E-state index contributed by atoms with van der Waals surface area (Å²) in [7, 11) is 0. The number of aliphatic carboxylic acids is 1. The van der Waals surface area contributed by atoms with Crippen molar-refractivity contribution in [2.24, 2.45) is 5.92 Å². The number of carbonyl (C=O) groups excluding carboxylic acids is 1. The molecule has 0 saturated carbocycles. The van der Waals surface area contributed by atoms with Crippen LogP contribution in [0.5, 0.6) is 0 Å². The zero-order valence-corrected chi connectivity index (χ0v) is 11.1. The van der Waals surface area contributed by atoms with E-state index >= 15 is 0 Å². The topological polar surface area (TPSA) is 84.2 Å². The fourth-order valence-corrected chi connectivity index (χ4v) is 1.24. The van der Waals surface area contributed by atoms with Crippen molar-refractivity contribution in [1.82, 2.24) is 15.1 Å². The number of hydrogen-bond donors (Lipinski definition) is 2. The summed E-state index contributed by atoms with van der Waals surface area (Å²) in [6.45, 7) is 7.59. The smallest absolute Gasteiger partial charge is 0.308 e. The second-order valence-electron chi connectivity index (χ2n) is 5.29. The van der Waals surface area contributed by atoms with Gasteiger partial charge >= 0.3 is 5.97 Å². The lowest BCUT2D eigenvalue weighted by Gasteiger charge is -2.18. The lowest BCUT2D eigenvalue weighted by Crippen LogP contribution is -2.31. The highest BCUT2D eigenvalue weighted by Gasteiger charge is 2.18. The van der Waals surface area contributed by atoms with Crippen LogP contribution in [0.1, 0.15) is 38.1 Å². The van der Waals surface area contributed by atoms with Crippen LogP contribution >= 0.6 is 0 Å². The summed E-state index contributed by atoms with van der Waals surface area (Å²) in [5.74, 6) is -1.84. The third-order valence-electron chi connectivity index (χ3n) is 2.52. The second-order valence-corrected chi connectivity index (χ2v) is 5.29. The quantitative estimate of drug-likeness (QED) is 0.841. The van der Waals surface area contributed by atoms with Crippen LogP contribution in [0.2, 0.25) is 0 Å². The maximum atomic E-state index is 11.8. The molecule has 0 bridgehead atoms. The molecule has 0 saturated heterocycles. The molecule has 1 aromatic heterocycles. The Labute approximate surface area is 106 Å². The van der Waals surface area contributed by atoms with Crippen LogP contribution in [0.15, 0.2) is 12.4 Å². The number of carboxylic acids is 1. The van der Waals surface area contributed by atoms with Crippen LogP contribution in [0, 0.1) is 5.92 Å². The van der Waals surface area contributed by atoms with E-state index in [0.29, 0.717) is 5.56 Å². The van der Waals surface area contributed by atoms with Crippen molar-refractivity contribution in [3.05, 3.63) is 18.0 Å². The highest BCUT2D eigenvalue weighted by atomic mass is 16.4. The number of hydrogen-bond acceptors (Lipinski definition) is 3. The predicted molar refractivity (Wildman–Crippen MR) is 66.4 cm³/mol. The summed E-state index contributed by atoms with van der Waals surface area (Å²) in [5, 5.41) is 15.4. The second kappa shape index (κ2) is 5.20. The molecule has 1 atom stereocenters. The maximum absolute atomic E-state index is 11.8. The van der Waals surface area contributed by atoms with Gasteiger partial charge in [-0.25, -0.2) is 0 Å². The van der Waals surface area contributed by atoms with Gasteiger partial charge in [-0.3, -0.25) is 14.3 Å². The van der Waals surface area contributed by atoms with E-state index in [2.05, 4.69) is 10.4 Å². The molecule has 1 rings (SSSR count). The van der Waals surface area contributed by atoms with Gasteiger partial charge in [-0.1, -0.05) is 6.92 Å². The average molecular weight is 253 g/mol. The Balaban J connectivity index is 2.63. The van der Waals surface area contributed by atoms with Gasteiger partial charge < -0.3 is 10.4 Å². The third kappa shape index (κ3) is 3.58. The Morgan fingerprint density at radius 3 is 2.56 bits per heavy atom. The van der Waals surface area contributed by atoms with E-state index in [1.807, 2.05) is 20.8 Å². The van der Waals surface area contributed by atoms with Crippen molar-refractivity contribution in [2.75, 3.05) is 6.54 Å². The van der Waals surface area contributed by atoms with Crippen LogP contribution < -0.4 is 5.32 Å². The Morgan fingerprint density at radius 2 is 2.11 bits per heavy atom. The van der Waals surface area contributed by atoms with Gasteiger partial charge in [-0.05, 0) is 20.8 Å². The van der Waals surface area contributed by atoms with Crippen LogP contribution in [-0.4, -0.2) is 33.3 Å². The first-order chi connectivity index (χ1) is 8.21. The van der Waals surface area contributed by atoms with Gasteiger partial charge in [-0.15, -0.1) is 0 Å². The van der Waals surface area contributed by atoms with Crippen molar-refractivity contribution < 1.29 is 14.7 Å². The number of carbonyl (C=O) groups is 2. The van der Waals surface area contributed by atoms with E-state index in [-0.39, 0.29) is 18.0 Å². The number of nitrogens with zero attached hydrogens (tertiary/aromatic N) is 2. The summed E-state index contributed by atoms with van der Waals surface area (Å²) < 4.78 is 1.70. The molecule has 1 heterocycles. The fraction of sp³-hybridized carbons (Fsp3) is 0.583. The molecular weight excluding hydrogens is 234 g/mol. The Hall–Kier alpha value is -1.85. The molecule has 0 aromatic carbocycles. The first-order valence-electron chi connectivity index (χ1n) is 5.78. The highest BCUT2D eigenvalue weighted by molar-refractivity contribution is 5.93. The van der Waals surface area contributed by atoms with Gasteiger partial charge in [0.25, 0.3) is 5.91 Å². The molecule has 6 nitrogen and oxygen atoms in total. The summed E-state index contributed by atoms with van der Waals surface area (Å²) in [6.07, 6.45) is 3.13. The van der Waals surface area contributed by atoms with E-state index in [1.165, 1.54) is 6.20 Å². The van der Waals surface area contributed by atoms with Gasteiger partial charge in [0.05, 0.1) is 23.2 Å². The van der Waals surface area contributed by atoms with Crippen molar-refractivity contribution >= 4 is 11.9 Å². The van der Waals surface area contributed by atoms with Gasteiger partial charge in [0.2, 0.25) is 0 Å². The zero-order chi connectivity index (χ0) is 13.9. The van der Waals surface area contributed by atoms with Crippen LogP contribution in [-0.2, 0) is 10.3 Å². The number of aromatic nitrogens is 2. The van der Waals surface area contributed by atoms with Gasteiger partial charge in [0, 0.05) is 12.7 Å². The third-order valence-corrected chi connectivity index (χ3v) is 2.52. The Bertz CT molecular complexity index is 446. The molecule has 0 fully saturated rings. The molecule has 0 aliphatic carbocycles. The zero-order valence-electron chi connectivity index (χ0n) is 11.1. The summed E-state index contributed by atoms with van der Waals surface area (Å²) >= 11 is 0.